The number of halogens is 1. The lowest BCUT2D eigenvalue weighted by Gasteiger charge is -2.32. The number of hydrogen-bond donors (Lipinski definition) is 0. The third-order valence-corrected chi connectivity index (χ3v) is 6.96. The highest BCUT2D eigenvalue weighted by Crippen LogP contribution is 2.34. The number of aromatic nitrogens is 2. The number of carbonyl (C=O) groups is 1. The Morgan fingerprint density at radius 3 is 2.57 bits per heavy atom. The van der Waals surface area contributed by atoms with Gasteiger partial charge in [0, 0.05) is 26.1 Å². The average molecular weight is 475 g/mol. The van der Waals surface area contributed by atoms with Crippen LogP contribution < -0.4 is 9.64 Å². The minimum absolute atomic E-state index is 0.108. The van der Waals surface area contributed by atoms with Crippen LogP contribution in [0.4, 0.5) is 10.3 Å². The van der Waals surface area contributed by atoms with Crippen molar-refractivity contribution in [1.29, 1.82) is 0 Å². The van der Waals surface area contributed by atoms with E-state index in [-0.39, 0.29) is 17.6 Å². The van der Waals surface area contributed by atoms with E-state index >= 15 is 0 Å². The molecule has 0 radical (unpaired) electrons. The molecule has 35 heavy (non-hydrogen) atoms. The summed E-state index contributed by atoms with van der Waals surface area (Å²) in [6.07, 6.45) is 3.62. The van der Waals surface area contributed by atoms with E-state index in [9.17, 15) is 9.18 Å². The smallest absolute Gasteiger partial charge is 0.230 e. The highest BCUT2D eigenvalue weighted by Gasteiger charge is 2.31. The van der Waals surface area contributed by atoms with Crippen molar-refractivity contribution >= 4 is 11.9 Å². The quantitative estimate of drug-likeness (QED) is 0.479. The number of anilines is 1. The van der Waals surface area contributed by atoms with Gasteiger partial charge >= 0.3 is 0 Å². The minimum atomic E-state index is -0.275. The lowest BCUT2D eigenvalue weighted by molar-refractivity contribution is -0.133. The Morgan fingerprint density at radius 1 is 1.09 bits per heavy atom. The maximum Gasteiger partial charge on any atom is 0.230 e. The zero-order chi connectivity index (χ0) is 24.4. The van der Waals surface area contributed by atoms with Gasteiger partial charge in [-0.25, -0.2) is 9.37 Å². The summed E-state index contributed by atoms with van der Waals surface area (Å²) in [7, 11) is 0. The highest BCUT2D eigenvalue weighted by molar-refractivity contribution is 5.84. The summed E-state index contributed by atoms with van der Waals surface area (Å²) in [5.74, 6) is 1.29. The number of ether oxygens (including phenoxy) is 1. The second-order valence-electron chi connectivity index (χ2n) is 9.34. The molecule has 1 aromatic heterocycles. The molecule has 1 saturated heterocycles. The summed E-state index contributed by atoms with van der Waals surface area (Å²) in [6, 6.07) is 14.6. The van der Waals surface area contributed by atoms with Crippen LogP contribution >= 0.6 is 0 Å². The number of benzene rings is 2. The summed E-state index contributed by atoms with van der Waals surface area (Å²) in [5.41, 5.74) is 3.30. The molecular weight excluding hydrogens is 443 g/mol. The first-order valence-corrected chi connectivity index (χ1v) is 12.5. The van der Waals surface area contributed by atoms with Crippen LogP contribution in [0.2, 0.25) is 0 Å². The van der Waals surface area contributed by atoms with E-state index in [0.717, 1.165) is 49.2 Å². The van der Waals surface area contributed by atoms with Crippen LogP contribution in [-0.4, -0.2) is 40.4 Å². The van der Waals surface area contributed by atoms with E-state index in [1.807, 2.05) is 42.2 Å². The van der Waals surface area contributed by atoms with Crippen molar-refractivity contribution in [2.24, 2.45) is 0 Å². The van der Waals surface area contributed by atoms with E-state index in [2.05, 4.69) is 4.90 Å². The van der Waals surface area contributed by atoms with Crippen molar-refractivity contribution < 1.29 is 13.9 Å². The van der Waals surface area contributed by atoms with E-state index in [0.29, 0.717) is 42.7 Å². The maximum atomic E-state index is 13.8. The molecular formula is C28H31FN4O2. The first-order chi connectivity index (χ1) is 17.0. The maximum absolute atomic E-state index is 13.8. The lowest BCUT2D eigenvalue weighted by Crippen LogP contribution is -2.39. The molecule has 1 amide bonds. The second-order valence-corrected chi connectivity index (χ2v) is 9.34. The molecule has 6 nitrogen and oxygen atoms in total. The Balaban J connectivity index is 1.47. The van der Waals surface area contributed by atoms with E-state index in [1.165, 1.54) is 6.07 Å². The Hall–Kier alpha value is -3.48. The summed E-state index contributed by atoms with van der Waals surface area (Å²) in [4.78, 5) is 27.3. The number of rotatable bonds is 6. The van der Waals surface area contributed by atoms with Crippen LogP contribution in [0.3, 0.4) is 0 Å². The van der Waals surface area contributed by atoms with Gasteiger partial charge in [0.2, 0.25) is 17.7 Å². The molecule has 0 N–H and O–H groups in total. The van der Waals surface area contributed by atoms with E-state index in [4.69, 9.17) is 14.7 Å². The molecule has 0 saturated carbocycles. The summed E-state index contributed by atoms with van der Waals surface area (Å²) in [5, 5.41) is 0. The SMILES string of the molecule is CCC(C(=O)N1CCc2nc(N3CCCC3)nc(Oc3ccc(F)c(C)c3)c2C1)c1ccccc1. The van der Waals surface area contributed by atoms with Gasteiger partial charge in [-0.3, -0.25) is 4.79 Å². The largest absolute Gasteiger partial charge is 0.438 e. The number of aryl methyl sites for hydroxylation is 1. The lowest BCUT2D eigenvalue weighted by atomic mass is 9.94. The van der Waals surface area contributed by atoms with Gasteiger partial charge in [0.15, 0.2) is 0 Å². The molecule has 0 bridgehead atoms. The molecule has 1 atom stereocenters. The fourth-order valence-electron chi connectivity index (χ4n) is 4.95. The number of hydrogen-bond acceptors (Lipinski definition) is 5. The molecule has 1 unspecified atom stereocenters. The topological polar surface area (TPSA) is 58.6 Å². The van der Waals surface area contributed by atoms with Crippen molar-refractivity contribution in [2.45, 2.75) is 52.0 Å². The highest BCUT2D eigenvalue weighted by atomic mass is 19.1. The molecule has 2 aliphatic heterocycles. The standard InChI is InChI=1S/C28H31FN4O2/c1-3-22(20-9-5-4-6-10-20)27(34)33-16-13-25-23(18-33)26(31-28(30-25)32-14-7-8-15-32)35-21-11-12-24(29)19(2)17-21/h4-6,9-12,17,22H,3,7-8,13-16,18H2,1-2H3. The molecule has 1 fully saturated rings. The zero-order valence-corrected chi connectivity index (χ0v) is 20.3. The van der Waals surface area contributed by atoms with Gasteiger partial charge in [0.05, 0.1) is 23.7 Å². The van der Waals surface area contributed by atoms with Crippen LogP contribution in [0.25, 0.3) is 0 Å². The molecule has 3 heterocycles. The second kappa shape index (κ2) is 10.0. The molecule has 182 valence electrons. The van der Waals surface area contributed by atoms with Gasteiger partial charge in [-0.1, -0.05) is 37.3 Å². The fourth-order valence-corrected chi connectivity index (χ4v) is 4.95. The van der Waals surface area contributed by atoms with Crippen LogP contribution in [0, 0.1) is 12.7 Å². The summed E-state index contributed by atoms with van der Waals surface area (Å²) >= 11 is 0. The van der Waals surface area contributed by atoms with Gasteiger partial charge in [0.1, 0.15) is 11.6 Å². The average Bonchev–Trinajstić information content (AvgIpc) is 3.42. The van der Waals surface area contributed by atoms with Gasteiger partial charge in [-0.15, -0.1) is 0 Å². The first-order valence-electron chi connectivity index (χ1n) is 12.5. The Morgan fingerprint density at radius 2 is 1.86 bits per heavy atom. The van der Waals surface area contributed by atoms with Crippen molar-refractivity contribution in [1.82, 2.24) is 14.9 Å². The van der Waals surface area contributed by atoms with E-state index in [1.54, 1.807) is 19.1 Å². The number of carbonyl (C=O) groups excluding carboxylic acids is 1. The fraction of sp³-hybridized carbons (Fsp3) is 0.393. The molecule has 2 aromatic carbocycles. The monoisotopic (exact) mass is 474 g/mol. The van der Waals surface area contributed by atoms with Gasteiger partial charge < -0.3 is 14.5 Å². The van der Waals surface area contributed by atoms with Crippen molar-refractivity contribution in [3.05, 3.63) is 76.7 Å². The van der Waals surface area contributed by atoms with E-state index < -0.39 is 0 Å². The van der Waals surface area contributed by atoms with Crippen LogP contribution in [0.15, 0.2) is 48.5 Å². The molecule has 5 rings (SSSR count). The van der Waals surface area contributed by atoms with Crippen molar-refractivity contribution in [3.8, 4) is 11.6 Å². The Labute approximate surface area is 205 Å². The number of amides is 1. The molecule has 0 aliphatic carbocycles. The molecule has 7 heteroatoms. The number of fused-ring (bicyclic) bond motifs is 1. The molecule has 3 aromatic rings. The predicted octanol–water partition coefficient (Wildman–Crippen LogP) is 5.40. The van der Waals surface area contributed by atoms with Crippen LogP contribution in [0.1, 0.15) is 54.5 Å². The Bertz CT molecular complexity index is 1210. The van der Waals surface area contributed by atoms with Gasteiger partial charge in [-0.05, 0) is 55.5 Å². The summed E-state index contributed by atoms with van der Waals surface area (Å²) < 4.78 is 20.1. The van der Waals surface area contributed by atoms with Gasteiger partial charge in [-0.2, -0.15) is 4.98 Å². The third kappa shape index (κ3) is 4.85. The predicted molar refractivity (Wildman–Crippen MR) is 133 cm³/mol. The minimum Gasteiger partial charge on any atom is -0.438 e. The number of nitrogens with zero attached hydrogens (tertiary/aromatic N) is 4. The molecule has 2 aliphatic rings. The van der Waals surface area contributed by atoms with Crippen molar-refractivity contribution in [3.63, 3.8) is 0 Å². The van der Waals surface area contributed by atoms with Gasteiger partial charge in [0.25, 0.3) is 0 Å². The normalized spacial score (nSPS) is 16.2. The van der Waals surface area contributed by atoms with Crippen LogP contribution in [0.5, 0.6) is 11.6 Å². The summed E-state index contributed by atoms with van der Waals surface area (Å²) in [6.45, 7) is 6.61. The zero-order valence-electron chi connectivity index (χ0n) is 20.3. The molecule has 0 spiro atoms. The third-order valence-electron chi connectivity index (χ3n) is 6.96. The first kappa shape index (κ1) is 23.3. The van der Waals surface area contributed by atoms with Crippen LogP contribution in [-0.2, 0) is 17.8 Å². The Kier molecular flexibility index (Phi) is 6.66. The van der Waals surface area contributed by atoms with Crippen molar-refractivity contribution in [2.75, 3.05) is 24.5 Å².